The summed E-state index contributed by atoms with van der Waals surface area (Å²) in [6.07, 6.45) is 17.4. The fourth-order valence-electron chi connectivity index (χ4n) is 12.0. The first kappa shape index (κ1) is 50.3. The molecule has 66 heavy (non-hydrogen) atoms. The Morgan fingerprint density at radius 1 is 0.924 bits per heavy atom. The minimum atomic E-state index is -5.29. The van der Waals surface area contributed by atoms with Crippen LogP contribution >= 0.6 is 7.82 Å². The number of phosphoric ester groups is 1. The van der Waals surface area contributed by atoms with Crippen LogP contribution < -0.4 is 14.0 Å². The maximum absolute atomic E-state index is 16.3. The van der Waals surface area contributed by atoms with Crippen molar-refractivity contribution in [3.05, 3.63) is 57.7 Å². The van der Waals surface area contributed by atoms with Crippen LogP contribution in [0.25, 0.3) is 6.08 Å². The Morgan fingerprint density at radius 2 is 1.58 bits per heavy atom. The van der Waals surface area contributed by atoms with Crippen LogP contribution in [-0.4, -0.2) is 105 Å². The van der Waals surface area contributed by atoms with Crippen LogP contribution in [0, 0.1) is 17.8 Å². The zero-order valence-electron chi connectivity index (χ0n) is 41.1. The lowest BCUT2D eigenvalue weighted by molar-refractivity contribution is -0.215. The molecule has 4 aliphatic heterocycles. The average Bonchev–Trinajstić information content (AvgIpc) is 3.39. The number of nitrogens with zero attached hydrogens (tertiary/aromatic N) is 2. The van der Waals surface area contributed by atoms with Crippen molar-refractivity contribution >= 4 is 31.4 Å². The van der Waals surface area contributed by atoms with E-state index in [1.165, 1.54) is 5.57 Å². The zero-order chi connectivity index (χ0) is 48.0. The quantitative estimate of drug-likeness (QED) is 0.0586. The van der Waals surface area contributed by atoms with Crippen molar-refractivity contribution in [2.24, 2.45) is 17.8 Å². The zero-order valence-corrected chi connectivity index (χ0v) is 42.0. The Morgan fingerprint density at radius 3 is 2.18 bits per heavy atom. The summed E-state index contributed by atoms with van der Waals surface area (Å²) in [5.41, 5.74) is -1.74. The molecule has 13 nitrogen and oxygen atoms in total. The molecular formula is C52H75N2O11P. The largest absolute Gasteiger partial charge is 0.524 e. The lowest BCUT2D eigenvalue weighted by atomic mass is 9.44. The highest BCUT2D eigenvalue weighted by Gasteiger charge is 2.86. The number of phosphoric acid groups is 1. The third-order valence-corrected chi connectivity index (χ3v) is 15.5. The van der Waals surface area contributed by atoms with Crippen molar-refractivity contribution in [3.63, 3.8) is 0 Å². The summed E-state index contributed by atoms with van der Waals surface area (Å²) in [6, 6.07) is -0.631. The van der Waals surface area contributed by atoms with Gasteiger partial charge in [-0.15, -0.1) is 0 Å². The number of fused-ring (bicyclic) bond motifs is 2. The fourth-order valence-corrected chi connectivity index (χ4v) is 12.4. The highest BCUT2D eigenvalue weighted by molar-refractivity contribution is 7.46. The van der Waals surface area contributed by atoms with Crippen molar-refractivity contribution in [1.29, 1.82) is 0 Å². The molecule has 1 aromatic rings. The van der Waals surface area contributed by atoms with Gasteiger partial charge in [-0.25, -0.2) is 4.57 Å². The summed E-state index contributed by atoms with van der Waals surface area (Å²) in [7, 11) is -5.29. The molecule has 7 unspecified atom stereocenters. The maximum Gasteiger partial charge on any atom is 0.524 e. The number of carbonyl (C=O) groups excluding carboxylic acids is 3. The molecule has 8 rings (SSSR count). The highest BCUT2D eigenvalue weighted by Crippen LogP contribution is 2.71. The van der Waals surface area contributed by atoms with Gasteiger partial charge in [0.15, 0.2) is 28.5 Å². The van der Waals surface area contributed by atoms with E-state index < -0.39 is 59.8 Å². The predicted molar refractivity (Wildman–Crippen MR) is 255 cm³/mol. The van der Waals surface area contributed by atoms with Crippen molar-refractivity contribution in [2.75, 3.05) is 39.4 Å². The molecule has 364 valence electrons. The number of hydrogen-bond donors (Lipinski definition) is 2. The van der Waals surface area contributed by atoms with Gasteiger partial charge in [0.05, 0.1) is 30.3 Å². The molecule has 5 fully saturated rings. The molecule has 1 amide bonds. The van der Waals surface area contributed by atoms with Crippen molar-refractivity contribution in [3.8, 4) is 17.2 Å². The van der Waals surface area contributed by atoms with E-state index in [1.807, 2.05) is 71.6 Å². The lowest BCUT2D eigenvalue weighted by Crippen LogP contribution is -2.82. The van der Waals surface area contributed by atoms with Crippen LogP contribution in [0.3, 0.4) is 0 Å². The third-order valence-electron chi connectivity index (χ3n) is 15.1. The number of hydrogen-bond acceptors (Lipinski definition) is 10. The Labute approximate surface area is 392 Å². The Bertz CT molecular complexity index is 2220. The molecule has 4 bridgehead atoms. The number of amides is 1. The molecule has 1 aromatic carbocycles. The molecule has 0 aromatic heterocycles. The first-order valence-corrected chi connectivity index (χ1v) is 26.1. The lowest BCUT2D eigenvalue weighted by Gasteiger charge is -2.64. The molecule has 14 heteroatoms. The van der Waals surface area contributed by atoms with Crippen LogP contribution in [0.15, 0.2) is 41.0 Å². The molecule has 3 saturated carbocycles. The Hall–Kier alpha value is -3.58. The van der Waals surface area contributed by atoms with E-state index in [9.17, 15) is 19.1 Å². The van der Waals surface area contributed by atoms with Gasteiger partial charge in [0.1, 0.15) is 22.7 Å². The van der Waals surface area contributed by atoms with Crippen molar-refractivity contribution in [2.45, 2.75) is 168 Å². The minimum absolute atomic E-state index is 0.00566. The number of unbranched alkanes of at least 4 members (excludes halogenated alkanes) is 4. The molecule has 1 spiro atoms. The van der Waals surface area contributed by atoms with Crippen LogP contribution in [0.4, 0.5) is 0 Å². The summed E-state index contributed by atoms with van der Waals surface area (Å²) in [5, 5.41) is 0. The van der Waals surface area contributed by atoms with Crippen molar-refractivity contribution < 1.29 is 52.2 Å². The van der Waals surface area contributed by atoms with E-state index in [4.69, 9.17) is 23.5 Å². The molecule has 7 aliphatic rings. The first-order valence-electron chi connectivity index (χ1n) is 24.5. The fraction of sp³-hybridized carbons (Fsp3) is 0.673. The van der Waals surface area contributed by atoms with Crippen LogP contribution in [0.2, 0.25) is 0 Å². The minimum Gasteiger partial charge on any atom is -0.482 e. The molecule has 0 radical (unpaired) electrons. The molecule has 3 aliphatic carbocycles. The van der Waals surface area contributed by atoms with Crippen LogP contribution in [0.5, 0.6) is 17.2 Å². The molecule has 2 N–H and O–H groups in total. The second kappa shape index (κ2) is 19.4. The van der Waals surface area contributed by atoms with Crippen LogP contribution in [0.1, 0.15) is 155 Å². The van der Waals surface area contributed by atoms with Gasteiger partial charge in [-0.2, -0.15) is 0 Å². The molecule has 7 atom stereocenters. The van der Waals surface area contributed by atoms with E-state index in [0.717, 1.165) is 44.1 Å². The number of rotatable bonds is 19. The second-order valence-electron chi connectivity index (χ2n) is 20.9. The average molecular weight is 935 g/mol. The third kappa shape index (κ3) is 9.18. The number of benzene rings is 1. The number of Topliss-reactive ketones (excluding diaryl/α,β-unsaturated/α-hetero) is 2. The van der Waals surface area contributed by atoms with Gasteiger partial charge in [-0.1, -0.05) is 68.9 Å². The van der Waals surface area contributed by atoms with Gasteiger partial charge >= 0.3 is 7.82 Å². The number of ketones is 2. The Balaban J connectivity index is 1.46. The van der Waals surface area contributed by atoms with E-state index in [-0.39, 0.29) is 47.2 Å². The summed E-state index contributed by atoms with van der Waals surface area (Å²) in [6.45, 7) is 23.1. The number of ether oxygens (including phenoxy) is 4. The number of allylic oxidation sites excluding steroid dienone is 4. The van der Waals surface area contributed by atoms with Gasteiger partial charge in [0.25, 0.3) is 0 Å². The highest BCUT2D eigenvalue weighted by atomic mass is 31.2. The molecular weight excluding hydrogens is 860 g/mol. The standard InChI is InChI=1S/C52H75N2O11P/c1-11-13-15-26-54(27-16-14-12-2)48(57)35(7)21-25-51-47(56)38-32-39(49(8,9)65-51)52(51)41(42(38)53-28-30-61-31-29-53)43(55)40-45(63-52)36(20-19-34(5)6)44-37(46(40)64-66(58,59)60)22-24-50(10,62-44)23-17-18-33(3)4/h18-19,21-22,24,38-39,41-42H,11-17,20,23,25-32H2,1-10H3,(H2,58,59,60)/b35-21-. The van der Waals surface area contributed by atoms with E-state index in [2.05, 4.69) is 24.8 Å². The maximum atomic E-state index is 16.3. The topological polar surface area (TPSA) is 161 Å². The second-order valence-corrected chi connectivity index (χ2v) is 22.0. The van der Waals surface area contributed by atoms with Gasteiger partial charge in [-0.3, -0.25) is 29.1 Å². The summed E-state index contributed by atoms with van der Waals surface area (Å²) in [4.78, 5) is 71.6. The van der Waals surface area contributed by atoms with Gasteiger partial charge < -0.3 is 28.4 Å². The summed E-state index contributed by atoms with van der Waals surface area (Å²) >= 11 is 0. The molecule has 4 heterocycles. The van der Waals surface area contributed by atoms with Gasteiger partial charge in [-0.05, 0) is 106 Å². The number of carbonyl (C=O) groups is 3. The predicted octanol–water partition coefficient (Wildman–Crippen LogP) is 9.52. The van der Waals surface area contributed by atoms with E-state index in [0.29, 0.717) is 75.5 Å². The normalized spacial score (nSPS) is 29.6. The number of morpholine rings is 1. The van der Waals surface area contributed by atoms with E-state index >= 15 is 9.59 Å². The molecule has 2 saturated heterocycles. The SMILES string of the molecule is CCCCCN(CCCCC)C(=O)/C(C)=C\CC12OC(C)(C)C3CC(C1=O)C(N1CCOCC1)C1C(=O)c4c(OP(=O)(O)O)c5c(c(CC=C(C)C)c4OC132)OC(C)(CCC=C(C)C)C=C5. The smallest absolute Gasteiger partial charge is 0.482 e. The first-order chi connectivity index (χ1) is 31.1. The van der Waals surface area contributed by atoms with Gasteiger partial charge in [0, 0.05) is 61.6 Å². The monoisotopic (exact) mass is 935 g/mol. The van der Waals surface area contributed by atoms with Crippen molar-refractivity contribution in [1.82, 2.24) is 9.80 Å². The van der Waals surface area contributed by atoms with Crippen LogP contribution in [-0.2, 0) is 30.0 Å². The Kier molecular flexibility index (Phi) is 14.8. The summed E-state index contributed by atoms with van der Waals surface area (Å²) in [5.74, 6) is -2.72. The summed E-state index contributed by atoms with van der Waals surface area (Å²) < 4.78 is 46.4. The van der Waals surface area contributed by atoms with E-state index in [1.54, 1.807) is 13.0 Å². The van der Waals surface area contributed by atoms with Gasteiger partial charge in [0.2, 0.25) is 5.91 Å².